The molecule has 0 spiro atoms. The Morgan fingerprint density at radius 3 is 3.05 bits per heavy atom. The van der Waals surface area contributed by atoms with Crippen LogP contribution in [0.1, 0.15) is 41.1 Å². The number of hydrogen-bond donors (Lipinski definition) is 1. The molecule has 0 fully saturated rings. The van der Waals surface area contributed by atoms with E-state index in [1.165, 1.54) is 30.6 Å². The molecule has 0 saturated heterocycles. The molecule has 21 heavy (non-hydrogen) atoms. The maximum atomic E-state index is 4.55. The van der Waals surface area contributed by atoms with Crippen LogP contribution in [0.15, 0.2) is 32.2 Å². The summed E-state index contributed by atoms with van der Waals surface area (Å²) in [6, 6.07) is 8.96. The summed E-state index contributed by atoms with van der Waals surface area (Å²) in [5.74, 6) is 0. The van der Waals surface area contributed by atoms with Crippen LogP contribution in [0.3, 0.4) is 0 Å². The van der Waals surface area contributed by atoms with E-state index in [1.807, 2.05) is 17.4 Å². The molecule has 0 radical (unpaired) electrons. The first-order chi connectivity index (χ1) is 10.3. The van der Waals surface area contributed by atoms with Gasteiger partial charge in [0.2, 0.25) is 0 Å². The molecule has 2 aliphatic rings. The van der Waals surface area contributed by atoms with Gasteiger partial charge in [-0.2, -0.15) is 0 Å². The van der Waals surface area contributed by atoms with Crippen molar-refractivity contribution in [3.8, 4) is 0 Å². The zero-order chi connectivity index (χ0) is 14.2. The predicted molar refractivity (Wildman–Crippen MR) is 89.4 cm³/mol. The van der Waals surface area contributed by atoms with E-state index in [4.69, 9.17) is 0 Å². The third-order valence-electron chi connectivity index (χ3n) is 4.10. The number of aryl methyl sites for hydroxylation is 2. The van der Waals surface area contributed by atoms with Crippen molar-refractivity contribution < 1.29 is 0 Å². The van der Waals surface area contributed by atoms with Crippen molar-refractivity contribution in [2.75, 3.05) is 5.32 Å². The molecule has 1 atom stereocenters. The number of nitrogens with zero attached hydrogens (tertiary/aromatic N) is 2. The predicted octanol–water partition coefficient (Wildman–Crippen LogP) is 5.15. The van der Waals surface area contributed by atoms with Gasteiger partial charge in [0.15, 0.2) is 0 Å². The summed E-state index contributed by atoms with van der Waals surface area (Å²) in [7, 11) is 0. The first kappa shape index (κ1) is 13.5. The number of fused-ring (bicyclic) bond motifs is 2. The van der Waals surface area contributed by atoms with Gasteiger partial charge in [-0.05, 0) is 0 Å². The summed E-state index contributed by atoms with van der Waals surface area (Å²) in [5, 5.41) is 3.63. The molecule has 4 rings (SSSR count). The second kappa shape index (κ2) is 5.56. The topological polar surface area (TPSA) is 36.8 Å². The SMILES string of the molecule is CC(Nc1cccc2c1N=[Se]=N2)c1cc2c(s1)CCCC2. The van der Waals surface area contributed by atoms with Crippen LogP contribution < -0.4 is 5.32 Å². The minimum absolute atomic E-state index is 0.0331. The third kappa shape index (κ3) is 2.54. The van der Waals surface area contributed by atoms with E-state index in [0.29, 0.717) is 6.04 Å². The first-order valence-corrected chi connectivity index (χ1v) is 9.75. The molecular weight excluding hydrogens is 345 g/mol. The van der Waals surface area contributed by atoms with Gasteiger partial charge in [0.1, 0.15) is 0 Å². The molecule has 5 heteroatoms. The van der Waals surface area contributed by atoms with Crippen LogP contribution in [0.2, 0.25) is 0 Å². The Bertz CT molecular complexity index is 735. The van der Waals surface area contributed by atoms with Crippen molar-refractivity contribution in [1.29, 1.82) is 0 Å². The van der Waals surface area contributed by atoms with E-state index in [-0.39, 0.29) is 14.6 Å². The van der Waals surface area contributed by atoms with Gasteiger partial charge in [-0.1, -0.05) is 0 Å². The maximum absolute atomic E-state index is 4.55. The van der Waals surface area contributed by atoms with Gasteiger partial charge in [0.25, 0.3) is 0 Å². The molecule has 0 amide bonds. The van der Waals surface area contributed by atoms with Gasteiger partial charge in [0.05, 0.1) is 0 Å². The molecule has 1 aromatic carbocycles. The molecule has 0 saturated carbocycles. The minimum atomic E-state index is 0.0331. The van der Waals surface area contributed by atoms with Crippen molar-refractivity contribution in [3.05, 3.63) is 39.6 Å². The molecule has 1 unspecified atom stereocenters. The Labute approximate surface area is 134 Å². The van der Waals surface area contributed by atoms with Crippen molar-refractivity contribution in [1.82, 2.24) is 0 Å². The Kier molecular flexibility index (Phi) is 3.57. The van der Waals surface area contributed by atoms with E-state index >= 15 is 0 Å². The molecule has 3 nitrogen and oxygen atoms in total. The second-order valence-electron chi connectivity index (χ2n) is 5.61. The standard InChI is InChI=1S/C16H17N3SSe/c1-10(15-9-11-5-2-3-8-14(11)20-15)17-12-6-4-7-13-16(12)19-21-18-13/h4,6-7,9-10,17H,2-3,5,8H2,1H3. The fraction of sp³-hybridized carbons (Fsp3) is 0.375. The van der Waals surface area contributed by atoms with E-state index in [2.05, 4.69) is 38.4 Å². The van der Waals surface area contributed by atoms with E-state index < -0.39 is 0 Å². The van der Waals surface area contributed by atoms with Crippen molar-refractivity contribution in [2.45, 2.75) is 38.6 Å². The molecular formula is C16H17N3SSe. The molecule has 2 aromatic rings. The third-order valence-corrected chi connectivity index (χ3v) is 6.66. The average molecular weight is 362 g/mol. The first-order valence-electron chi connectivity index (χ1n) is 7.40. The quantitative estimate of drug-likeness (QED) is 0.643. The number of benzene rings is 1. The number of nitrogens with one attached hydrogen (secondary N) is 1. The van der Waals surface area contributed by atoms with Crippen LogP contribution >= 0.6 is 11.3 Å². The van der Waals surface area contributed by atoms with Gasteiger partial charge in [-0.15, -0.1) is 0 Å². The Morgan fingerprint density at radius 2 is 2.14 bits per heavy atom. The van der Waals surface area contributed by atoms with Crippen molar-refractivity contribution in [3.63, 3.8) is 0 Å². The summed E-state index contributed by atoms with van der Waals surface area (Å²) >= 11 is 2.02. The summed E-state index contributed by atoms with van der Waals surface area (Å²) in [6.45, 7) is 2.24. The summed E-state index contributed by atoms with van der Waals surface area (Å²) < 4.78 is 9.00. The van der Waals surface area contributed by atoms with Gasteiger partial charge >= 0.3 is 134 Å². The van der Waals surface area contributed by atoms with E-state index in [1.54, 1.807) is 10.4 Å². The molecule has 0 bridgehead atoms. The van der Waals surface area contributed by atoms with Gasteiger partial charge in [0, 0.05) is 0 Å². The van der Waals surface area contributed by atoms with Crippen LogP contribution in [-0.4, -0.2) is 14.6 Å². The van der Waals surface area contributed by atoms with Gasteiger partial charge < -0.3 is 0 Å². The fourth-order valence-corrected chi connectivity index (χ4v) is 5.37. The van der Waals surface area contributed by atoms with Crippen LogP contribution in [-0.2, 0) is 12.8 Å². The number of hydrogen-bond acceptors (Lipinski definition) is 4. The molecule has 1 aliphatic carbocycles. The van der Waals surface area contributed by atoms with Crippen LogP contribution in [0, 0.1) is 0 Å². The van der Waals surface area contributed by atoms with Crippen molar-refractivity contribution >= 4 is 43.0 Å². The number of anilines is 1. The second-order valence-corrected chi connectivity index (χ2v) is 7.88. The van der Waals surface area contributed by atoms with E-state index in [0.717, 1.165) is 17.1 Å². The summed E-state index contributed by atoms with van der Waals surface area (Å²) in [4.78, 5) is 3.05. The Hall–Kier alpha value is -1.16. The van der Waals surface area contributed by atoms with Crippen LogP contribution in [0.4, 0.5) is 17.1 Å². The normalized spacial score (nSPS) is 17.0. The van der Waals surface area contributed by atoms with E-state index in [9.17, 15) is 0 Å². The zero-order valence-electron chi connectivity index (χ0n) is 11.9. The Balaban J connectivity index is 1.59. The summed E-state index contributed by atoms with van der Waals surface area (Å²) in [6.07, 6.45) is 5.23. The molecule has 1 aromatic heterocycles. The van der Waals surface area contributed by atoms with Gasteiger partial charge in [-0.25, -0.2) is 0 Å². The number of rotatable bonds is 3. The van der Waals surface area contributed by atoms with Crippen molar-refractivity contribution in [2.24, 2.45) is 7.92 Å². The van der Waals surface area contributed by atoms with Gasteiger partial charge in [-0.3, -0.25) is 0 Å². The number of thiophene rings is 1. The fourth-order valence-electron chi connectivity index (χ4n) is 2.95. The monoisotopic (exact) mass is 363 g/mol. The molecule has 1 N–H and O–H groups in total. The van der Waals surface area contributed by atoms with Crippen LogP contribution in [0.5, 0.6) is 0 Å². The molecule has 108 valence electrons. The summed E-state index contributed by atoms with van der Waals surface area (Å²) in [5.41, 5.74) is 4.79. The molecule has 2 heterocycles. The Morgan fingerprint density at radius 1 is 1.24 bits per heavy atom. The average Bonchev–Trinajstić information content (AvgIpc) is 3.14. The zero-order valence-corrected chi connectivity index (χ0v) is 14.5. The van der Waals surface area contributed by atoms with Crippen LogP contribution in [0.25, 0.3) is 0 Å². The molecule has 1 aliphatic heterocycles.